The fraction of sp³-hybridized carbons (Fsp3) is 0.333. The lowest BCUT2D eigenvalue weighted by Crippen LogP contribution is -2.42. The molecule has 1 aromatic carbocycles. The Morgan fingerprint density at radius 3 is 2.52 bits per heavy atom. The number of nitriles is 1. The Labute approximate surface area is 169 Å². The minimum Gasteiger partial charge on any atom is -0.465 e. The van der Waals surface area contributed by atoms with E-state index in [1.807, 2.05) is 20.8 Å². The minimum absolute atomic E-state index is 0.234. The van der Waals surface area contributed by atoms with Gasteiger partial charge in [0.2, 0.25) is 11.8 Å². The molecule has 0 saturated heterocycles. The van der Waals surface area contributed by atoms with Crippen molar-refractivity contribution in [1.82, 2.24) is 10.3 Å². The van der Waals surface area contributed by atoms with Crippen molar-refractivity contribution in [3.63, 3.8) is 0 Å². The lowest BCUT2D eigenvalue weighted by Gasteiger charge is -2.22. The average Bonchev–Trinajstić information content (AvgIpc) is 2.66. The lowest BCUT2D eigenvalue weighted by molar-refractivity contribution is -0.118. The first-order valence-electron chi connectivity index (χ1n) is 9.13. The van der Waals surface area contributed by atoms with Gasteiger partial charge in [-0.15, -0.1) is 0 Å². The second-order valence-electron chi connectivity index (χ2n) is 7.46. The molecular weight excluding hydrogens is 372 g/mol. The molecule has 0 spiro atoms. The van der Waals surface area contributed by atoms with Crippen LogP contribution in [0.3, 0.4) is 0 Å². The third kappa shape index (κ3) is 5.94. The standard InChI is InChI=1S/C21H24N4O4/c1-5-16(25-20(27)28)19(26)24-14-7-9-18(23-12-14)29-17-8-6-13(11-22)10-15(17)21(2,3)4/h6-10,12,16,25H,5H2,1-4H3,(H,24,26)(H,27,28)/t16-/m1/s1. The van der Waals surface area contributed by atoms with Crippen molar-refractivity contribution in [3.05, 3.63) is 47.7 Å². The van der Waals surface area contributed by atoms with E-state index in [-0.39, 0.29) is 5.41 Å². The van der Waals surface area contributed by atoms with Gasteiger partial charge < -0.3 is 20.5 Å². The Morgan fingerprint density at radius 2 is 2.00 bits per heavy atom. The van der Waals surface area contributed by atoms with Crippen molar-refractivity contribution < 1.29 is 19.4 Å². The van der Waals surface area contributed by atoms with Gasteiger partial charge >= 0.3 is 6.09 Å². The Bertz CT molecular complexity index is 927. The second-order valence-corrected chi connectivity index (χ2v) is 7.46. The van der Waals surface area contributed by atoms with E-state index in [2.05, 4.69) is 21.7 Å². The van der Waals surface area contributed by atoms with Crippen LogP contribution < -0.4 is 15.4 Å². The fourth-order valence-corrected chi connectivity index (χ4v) is 2.63. The predicted octanol–water partition coefficient (Wildman–Crippen LogP) is 4.03. The number of benzene rings is 1. The molecule has 0 saturated carbocycles. The molecule has 0 aliphatic rings. The molecule has 0 unspecified atom stereocenters. The molecule has 0 aliphatic heterocycles. The van der Waals surface area contributed by atoms with Gasteiger partial charge in [-0.3, -0.25) is 4.79 Å². The van der Waals surface area contributed by atoms with Gasteiger partial charge in [-0.2, -0.15) is 5.26 Å². The van der Waals surface area contributed by atoms with Gasteiger partial charge in [-0.05, 0) is 36.1 Å². The van der Waals surface area contributed by atoms with Crippen molar-refractivity contribution >= 4 is 17.7 Å². The highest BCUT2D eigenvalue weighted by atomic mass is 16.5. The summed E-state index contributed by atoms with van der Waals surface area (Å²) in [6, 6.07) is 9.71. The zero-order chi connectivity index (χ0) is 21.6. The zero-order valence-electron chi connectivity index (χ0n) is 16.8. The third-order valence-corrected chi connectivity index (χ3v) is 4.16. The summed E-state index contributed by atoms with van der Waals surface area (Å²) in [5.41, 5.74) is 1.61. The van der Waals surface area contributed by atoms with E-state index < -0.39 is 18.0 Å². The minimum atomic E-state index is -1.26. The number of nitrogens with zero attached hydrogens (tertiary/aromatic N) is 2. The van der Waals surface area contributed by atoms with Crippen LogP contribution in [0.4, 0.5) is 10.5 Å². The molecule has 1 aromatic heterocycles. The highest BCUT2D eigenvalue weighted by Crippen LogP contribution is 2.34. The Balaban J connectivity index is 2.15. The van der Waals surface area contributed by atoms with Crippen molar-refractivity contribution in [2.75, 3.05) is 5.32 Å². The van der Waals surface area contributed by atoms with Crippen LogP contribution >= 0.6 is 0 Å². The first-order chi connectivity index (χ1) is 13.6. The monoisotopic (exact) mass is 396 g/mol. The number of anilines is 1. The number of rotatable bonds is 6. The number of aromatic nitrogens is 1. The molecule has 0 fully saturated rings. The van der Waals surface area contributed by atoms with Gasteiger partial charge in [0.25, 0.3) is 0 Å². The first-order valence-corrected chi connectivity index (χ1v) is 9.13. The number of nitrogens with one attached hydrogen (secondary N) is 2. The number of amides is 2. The van der Waals surface area contributed by atoms with Crippen LogP contribution in [0, 0.1) is 11.3 Å². The molecule has 152 valence electrons. The molecule has 2 rings (SSSR count). The van der Waals surface area contributed by atoms with E-state index in [4.69, 9.17) is 15.1 Å². The molecule has 0 radical (unpaired) electrons. The highest BCUT2D eigenvalue weighted by Gasteiger charge is 2.21. The molecule has 3 N–H and O–H groups in total. The SMILES string of the molecule is CC[C@@H](NC(=O)O)C(=O)Nc1ccc(Oc2ccc(C#N)cc2C(C)(C)C)nc1. The number of hydrogen-bond acceptors (Lipinski definition) is 5. The molecule has 29 heavy (non-hydrogen) atoms. The average molecular weight is 396 g/mol. The number of carbonyl (C=O) groups is 2. The van der Waals surface area contributed by atoms with Crippen LogP contribution in [0.15, 0.2) is 36.5 Å². The van der Waals surface area contributed by atoms with E-state index in [9.17, 15) is 9.59 Å². The Kier molecular flexibility index (Phi) is 6.78. The lowest BCUT2D eigenvalue weighted by atomic mass is 9.85. The van der Waals surface area contributed by atoms with Gasteiger partial charge in [0.1, 0.15) is 11.8 Å². The summed E-state index contributed by atoms with van der Waals surface area (Å²) in [6.45, 7) is 7.78. The van der Waals surface area contributed by atoms with Gasteiger partial charge in [-0.1, -0.05) is 27.7 Å². The van der Waals surface area contributed by atoms with Crippen LogP contribution in [0.5, 0.6) is 11.6 Å². The van der Waals surface area contributed by atoms with Crippen LogP contribution in [-0.4, -0.2) is 28.1 Å². The summed E-state index contributed by atoms with van der Waals surface area (Å²) in [6.07, 6.45) is 0.494. The number of carbonyl (C=O) groups excluding carboxylic acids is 1. The number of pyridine rings is 1. The summed E-state index contributed by atoms with van der Waals surface area (Å²) in [7, 11) is 0. The van der Waals surface area contributed by atoms with Gasteiger partial charge in [0.15, 0.2) is 0 Å². The number of carboxylic acid groups (broad SMARTS) is 1. The Morgan fingerprint density at radius 1 is 1.28 bits per heavy atom. The van der Waals surface area contributed by atoms with Crippen LogP contribution in [0.2, 0.25) is 0 Å². The highest BCUT2D eigenvalue weighted by molar-refractivity contribution is 5.96. The second kappa shape index (κ2) is 9.06. The summed E-state index contributed by atoms with van der Waals surface area (Å²) < 4.78 is 5.89. The third-order valence-electron chi connectivity index (χ3n) is 4.16. The molecule has 8 heteroatoms. The summed E-state index contributed by atoms with van der Waals surface area (Å²) in [5.74, 6) is 0.457. The van der Waals surface area contributed by atoms with E-state index in [0.29, 0.717) is 29.3 Å². The molecule has 2 aromatic rings. The molecule has 1 atom stereocenters. The summed E-state index contributed by atoms with van der Waals surface area (Å²) in [5, 5.41) is 22.7. The molecule has 8 nitrogen and oxygen atoms in total. The molecular formula is C21H24N4O4. The summed E-state index contributed by atoms with van der Waals surface area (Å²) in [4.78, 5) is 27.1. The maximum atomic E-state index is 12.1. The maximum absolute atomic E-state index is 12.1. The van der Waals surface area contributed by atoms with Gasteiger partial charge in [0.05, 0.1) is 23.5 Å². The zero-order valence-corrected chi connectivity index (χ0v) is 16.8. The predicted molar refractivity (Wildman–Crippen MR) is 108 cm³/mol. The maximum Gasteiger partial charge on any atom is 0.405 e. The fourth-order valence-electron chi connectivity index (χ4n) is 2.63. The molecule has 1 heterocycles. The van der Waals surface area contributed by atoms with Crippen molar-refractivity contribution in [2.24, 2.45) is 0 Å². The van der Waals surface area contributed by atoms with Crippen molar-refractivity contribution in [2.45, 2.75) is 45.6 Å². The molecule has 0 aliphatic carbocycles. The topological polar surface area (TPSA) is 124 Å². The molecule has 2 amide bonds. The Hall–Kier alpha value is -3.60. The van der Waals surface area contributed by atoms with E-state index in [1.165, 1.54) is 6.20 Å². The van der Waals surface area contributed by atoms with Crippen molar-refractivity contribution in [1.29, 1.82) is 5.26 Å². The van der Waals surface area contributed by atoms with Crippen LogP contribution in [0.25, 0.3) is 0 Å². The van der Waals surface area contributed by atoms with Crippen LogP contribution in [0.1, 0.15) is 45.2 Å². The van der Waals surface area contributed by atoms with E-state index in [0.717, 1.165) is 5.56 Å². The molecule has 0 bridgehead atoms. The first kappa shape index (κ1) is 21.7. The smallest absolute Gasteiger partial charge is 0.405 e. The number of hydrogen-bond donors (Lipinski definition) is 3. The van der Waals surface area contributed by atoms with Gasteiger partial charge in [0, 0.05) is 11.6 Å². The largest absolute Gasteiger partial charge is 0.465 e. The van der Waals surface area contributed by atoms with Gasteiger partial charge in [-0.25, -0.2) is 9.78 Å². The summed E-state index contributed by atoms with van der Waals surface area (Å²) >= 11 is 0. The van der Waals surface area contributed by atoms with Crippen molar-refractivity contribution in [3.8, 4) is 17.7 Å². The number of ether oxygens (including phenoxy) is 1. The van der Waals surface area contributed by atoms with E-state index in [1.54, 1.807) is 37.3 Å². The normalized spacial score (nSPS) is 11.8. The van der Waals surface area contributed by atoms with Crippen LogP contribution in [-0.2, 0) is 10.2 Å². The quantitative estimate of drug-likeness (QED) is 0.677. The van der Waals surface area contributed by atoms with E-state index >= 15 is 0 Å².